The van der Waals surface area contributed by atoms with E-state index in [4.69, 9.17) is 0 Å². The van der Waals surface area contributed by atoms with Crippen molar-refractivity contribution in [2.75, 3.05) is 19.6 Å². The number of hydrogen-bond acceptors (Lipinski definition) is 2. The molecular weight excluding hydrogens is 337 g/mol. The molecule has 1 aromatic heterocycles. The van der Waals surface area contributed by atoms with Gasteiger partial charge in [-0.05, 0) is 54.6 Å². The van der Waals surface area contributed by atoms with Crippen LogP contribution in [0, 0.1) is 3.70 Å². The van der Waals surface area contributed by atoms with Gasteiger partial charge in [-0.1, -0.05) is 24.6 Å². The summed E-state index contributed by atoms with van der Waals surface area (Å²) >= 11 is 2.33. The van der Waals surface area contributed by atoms with E-state index in [-0.39, 0.29) is 0 Å². The van der Waals surface area contributed by atoms with Gasteiger partial charge in [0.2, 0.25) is 0 Å². The number of hydrogen-bond donors (Lipinski definition) is 0. The standard InChI is InChI=1S/C14H18IN3/c15-14-12-6-2-3-7-13(12)18(16-14)11-10-17-8-4-1-5-9-17/h2-3,6-7H,1,4-5,8-11H2. The smallest absolute Gasteiger partial charge is 0.131 e. The summed E-state index contributed by atoms with van der Waals surface area (Å²) in [5, 5.41) is 5.93. The zero-order valence-electron chi connectivity index (χ0n) is 10.5. The minimum absolute atomic E-state index is 1.00. The van der Waals surface area contributed by atoms with E-state index in [1.54, 1.807) is 0 Å². The molecule has 3 rings (SSSR count). The van der Waals surface area contributed by atoms with Crippen LogP contribution in [0.2, 0.25) is 0 Å². The highest BCUT2D eigenvalue weighted by Gasteiger charge is 2.12. The van der Waals surface area contributed by atoms with Crippen LogP contribution in [-0.4, -0.2) is 34.3 Å². The molecule has 0 unspecified atom stereocenters. The highest BCUT2D eigenvalue weighted by atomic mass is 127. The van der Waals surface area contributed by atoms with E-state index in [0.29, 0.717) is 0 Å². The first kappa shape index (κ1) is 12.4. The third-order valence-corrected chi connectivity index (χ3v) is 4.49. The second kappa shape index (κ2) is 5.57. The molecule has 2 aromatic rings. The molecule has 0 aliphatic carbocycles. The topological polar surface area (TPSA) is 21.1 Å². The fourth-order valence-electron chi connectivity index (χ4n) is 2.68. The predicted octanol–water partition coefficient (Wildman–Crippen LogP) is 3.13. The van der Waals surface area contributed by atoms with Crippen LogP contribution in [0.15, 0.2) is 24.3 Å². The van der Waals surface area contributed by atoms with E-state index >= 15 is 0 Å². The first-order chi connectivity index (χ1) is 8.84. The number of nitrogens with zero attached hydrogens (tertiary/aromatic N) is 3. The second-order valence-electron chi connectivity index (χ2n) is 4.93. The highest BCUT2D eigenvalue weighted by molar-refractivity contribution is 14.1. The van der Waals surface area contributed by atoms with Crippen LogP contribution in [-0.2, 0) is 6.54 Å². The van der Waals surface area contributed by atoms with Gasteiger partial charge in [0.05, 0.1) is 12.1 Å². The summed E-state index contributed by atoms with van der Waals surface area (Å²) in [5.74, 6) is 0. The first-order valence-electron chi connectivity index (χ1n) is 6.68. The molecule has 4 heteroatoms. The Labute approximate surface area is 121 Å². The number of benzene rings is 1. The minimum atomic E-state index is 1.00. The fourth-order valence-corrected chi connectivity index (χ4v) is 3.39. The SMILES string of the molecule is Ic1nn(CCN2CCCCC2)c2ccccc12. The number of para-hydroxylation sites is 1. The van der Waals surface area contributed by atoms with E-state index in [0.717, 1.165) is 16.8 Å². The van der Waals surface area contributed by atoms with Crippen molar-refractivity contribution in [1.29, 1.82) is 0 Å². The molecule has 18 heavy (non-hydrogen) atoms. The summed E-state index contributed by atoms with van der Waals surface area (Å²) in [6, 6.07) is 8.50. The van der Waals surface area contributed by atoms with E-state index in [9.17, 15) is 0 Å². The number of piperidine rings is 1. The molecule has 1 aliphatic rings. The van der Waals surface area contributed by atoms with Crippen molar-refractivity contribution in [3.63, 3.8) is 0 Å². The quantitative estimate of drug-likeness (QED) is 0.789. The maximum absolute atomic E-state index is 4.65. The number of rotatable bonds is 3. The van der Waals surface area contributed by atoms with Gasteiger partial charge in [-0.3, -0.25) is 4.68 Å². The molecule has 96 valence electrons. The van der Waals surface area contributed by atoms with Gasteiger partial charge in [0.25, 0.3) is 0 Å². The van der Waals surface area contributed by atoms with Gasteiger partial charge in [-0.25, -0.2) is 0 Å². The maximum atomic E-state index is 4.65. The Kier molecular flexibility index (Phi) is 3.84. The lowest BCUT2D eigenvalue weighted by Crippen LogP contribution is -2.32. The normalized spacial score (nSPS) is 17.4. The van der Waals surface area contributed by atoms with Gasteiger partial charge < -0.3 is 4.90 Å². The van der Waals surface area contributed by atoms with Gasteiger partial charge in [-0.2, -0.15) is 5.10 Å². The minimum Gasteiger partial charge on any atom is -0.301 e. The summed E-state index contributed by atoms with van der Waals surface area (Å²) in [6.07, 6.45) is 4.12. The molecule has 0 spiro atoms. The van der Waals surface area contributed by atoms with E-state index < -0.39 is 0 Å². The largest absolute Gasteiger partial charge is 0.301 e. The zero-order chi connectivity index (χ0) is 12.4. The van der Waals surface area contributed by atoms with Crippen molar-refractivity contribution in [3.05, 3.63) is 28.0 Å². The molecule has 0 radical (unpaired) electrons. The third-order valence-electron chi connectivity index (χ3n) is 3.69. The van der Waals surface area contributed by atoms with E-state index in [1.807, 2.05) is 0 Å². The van der Waals surface area contributed by atoms with Gasteiger partial charge in [0.1, 0.15) is 3.70 Å². The summed E-state index contributed by atoms with van der Waals surface area (Å²) in [5.41, 5.74) is 1.26. The summed E-state index contributed by atoms with van der Waals surface area (Å²) in [6.45, 7) is 4.65. The molecule has 0 saturated carbocycles. The Morgan fingerprint density at radius 3 is 2.67 bits per heavy atom. The Morgan fingerprint density at radius 1 is 1.06 bits per heavy atom. The molecule has 0 atom stereocenters. The van der Waals surface area contributed by atoms with Crippen LogP contribution in [0.4, 0.5) is 0 Å². The van der Waals surface area contributed by atoms with Crippen LogP contribution in [0.25, 0.3) is 10.9 Å². The third kappa shape index (κ3) is 2.54. The Balaban J connectivity index is 1.74. The van der Waals surface area contributed by atoms with Gasteiger partial charge in [0.15, 0.2) is 0 Å². The van der Waals surface area contributed by atoms with Crippen LogP contribution in [0.1, 0.15) is 19.3 Å². The second-order valence-corrected chi connectivity index (χ2v) is 5.96. The molecule has 0 N–H and O–H groups in total. The van der Waals surface area contributed by atoms with Crippen molar-refractivity contribution in [3.8, 4) is 0 Å². The van der Waals surface area contributed by atoms with Crippen LogP contribution in [0.3, 0.4) is 0 Å². The van der Waals surface area contributed by atoms with Crippen LogP contribution < -0.4 is 0 Å². The number of likely N-dealkylation sites (tertiary alicyclic amines) is 1. The summed E-state index contributed by atoms with van der Waals surface area (Å²) < 4.78 is 3.27. The molecular formula is C14H18IN3. The lowest BCUT2D eigenvalue weighted by molar-refractivity contribution is 0.219. The first-order valence-corrected chi connectivity index (χ1v) is 7.76. The van der Waals surface area contributed by atoms with E-state index in [2.05, 4.69) is 61.5 Å². The van der Waals surface area contributed by atoms with Crippen molar-refractivity contribution in [2.24, 2.45) is 0 Å². The molecule has 1 fully saturated rings. The average Bonchev–Trinajstić information content (AvgIpc) is 2.75. The molecule has 3 nitrogen and oxygen atoms in total. The van der Waals surface area contributed by atoms with E-state index in [1.165, 1.54) is 43.3 Å². The number of fused-ring (bicyclic) bond motifs is 1. The van der Waals surface area contributed by atoms with Crippen molar-refractivity contribution in [2.45, 2.75) is 25.8 Å². The average molecular weight is 355 g/mol. The maximum Gasteiger partial charge on any atom is 0.131 e. The predicted molar refractivity (Wildman–Crippen MR) is 82.7 cm³/mol. The number of halogens is 1. The Bertz CT molecular complexity index is 529. The number of aromatic nitrogens is 2. The lowest BCUT2D eigenvalue weighted by Gasteiger charge is -2.26. The van der Waals surface area contributed by atoms with Crippen molar-refractivity contribution < 1.29 is 0 Å². The summed E-state index contributed by atoms with van der Waals surface area (Å²) in [4.78, 5) is 2.56. The van der Waals surface area contributed by atoms with Crippen LogP contribution in [0.5, 0.6) is 0 Å². The van der Waals surface area contributed by atoms with Crippen molar-refractivity contribution in [1.82, 2.24) is 14.7 Å². The lowest BCUT2D eigenvalue weighted by atomic mass is 10.1. The van der Waals surface area contributed by atoms with Crippen molar-refractivity contribution >= 4 is 33.5 Å². The van der Waals surface area contributed by atoms with Gasteiger partial charge in [0, 0.05) is 11.9 Å². The Hall–Kier alpha value is -0.620. The molecule has 1 aromatic carbocycles. The van der Waals surface area contributed by atoms with Gasteiger partial charge >= 0.3 is 0 Å². The van der Waals surface area contributed by atoms with Crippen LogP contribution >= 0.6 is 22.6 Å². The molecule has 1 aliphatic heterocycles. The zero-order valence-corrected chi connectivity index (χ0v) is 12.6. The monoisotopic (exact) mass is 355 g/mol. The molecule has 0 amide bonds. The highest BCUT2D eigenvalue weighted by Crippen LogP contribution is 2.19. The fraction of sp³-hybridized carbons (Fsp3) is 0.500. The molecule has 0 bridgehead atoms. The van der Waals surface area contributed by atoms with Gasteiger partial charge in [-0.15, -0.1) is 0 Å². The molecule has 2 heterocycles. The summed E-state index contributed by atoms with van der Waals surface area (Å²) in [7, 11) is 0. The Morgan fingerprint density at radius 2 is 1.83 bits per heavy atom. The molecule has 1 saturated heterocycles.